The van der Waals surface area contributed by atoms with Crippen LogP contribution < -0.4 is 20.1 Å². The van der Waals surface area contributed by atoms with Gasteiger partial charge in [-0.1, -0.05) is 18.2 Å². The molecule has 0 aliphatic carbocycles. The summed E-state index contributed by atoms with van der Waals surface area (Å²) in [5, 5.41) is 5.55. The van der Waals surface area contributed by atoms with Crippen molar-refractivity contribution >= 4 is 11.8 Å². The number of piperazine rings is 1. The first kappa shape index (κ1) is 23.5. The first-order valence-electron chi connectivity index (χ1n) is 10.3. The van der Waals surface area contributed by atoms with Crippen LogP contribution in [0.25, 0.3) is 0 Å². The molecule has 0 radical (unpaired) electrons. The molecular formula is C23H27F2N3O4. The smallest absolute Gasteiger partial charge is 0.237 e. The largest absolute Gasteiger partial charge is 0.493 e. The summed E-state index contributed by atoms with van der Waals surface area (Å²) in [6, 6.07) is 8.72. The summed E-state index contributed by atoms with van der Waals surface area (Å²) in [6.07, 6.45) is 0.496. The Balaban J connectivity index is 1.57. The molecule has 9 heteroatoms. The fraction of sp³-hybridized carbons (Fsp3) is 0.391. The van der Waals surface area contributed by atoms with E-state index in [9.17, 15) is 18.4 Å². The minimum atomic E-state index is -0.937. The number of hydrogen-bond acceptors (Lipinski definition) is 5. The molecule has 2 amide bonds. The molecule has 1 aliphatic rings. The molecule has 1 saturated heterocycles. The highest BCUT2D eigenvalue weighted by atomic mass is 19.2. The van der Waals surface area contributed by atoms with Gasteiger partial charge in [-0.15, -0.1) is 0 Å². The minimum Gasteiger partial charge on any atom is -0.493 e. The molecule has 3 rings (SSSR count). The Hall–Kier alpha value is -3.20. The summed E-state index contributed by atoms with van der Waals surface area (Å²) < 4.78 is 38.1. The first-order valence-corrected chi connectivity index (χ1v) is 10.3. The SMILES string of the molecule is COc1ccc(CCNC(=O)C[C@@H]2C(=O)NCCN2Cc2cccc(F)c2F)cc1OC. The lowest BCUT2D eigenvalue weighted by Crippen LogP contribution is -2.56. The lowest BCUT2D eigenvalue weighted by atomic mass is 10.1. The van der Waals surface area contributed by atoms with Crippen molar-refractivity contribution < 1.29 is 27.8 Å². The third kappa shape index (κ3) is 5.73. The quantitative estimate of drug-likeness (QED) is 0.615. The lowest BCUT2D eigenvalue weighted by molar-refractivity contribution is -0.134. The zero-order valence-electron chi connectivity index (χ0n) is 18.1. The van der Waals surface area contributed by atoms with Crippen LogP contribution in [0.1, 0.15) is 17.5 Å². The fourth-order valence-electron chi connectivity index (χ4n) is 3.69. The number of rotatable bonds is 9. The normalized spacial score (nSPS) is 16.4. The number of halogens is 2. The van der Waals surface area contributed by atoms with Crippen LogP contribution in [0, 0.1) is 11.6 Å². The van der Waals surface area contributed by atoms with Gasteiger partial charge in [0.1, 0.15) is 0 Å². The lowest BCUT2D eigenvalue weighted by Gasteiger charge is -2.34. The molecule has 0 spiro atoms. The fourth-order valence-corrected chi connectivity index (χ4v) is 3.69. The van der Waals surface area contributed by atoms with Crippen LogP contribution >= 0.6 is 0 Å². The van der Waals surface area contributed by atoms with Crippen LogP contribution in [0.3, 0.4) is 0 Å². The highest BCUT2D eigenvalue weighted by Crippen LogP contribution is 2.27. The van der Waals surface area contributed by atoms with E-state index in [4.69, 9.17) is 9.47 Å². The van der Waals surface area contributed by atoms with E-state index >= 15 is 0 Å². The van der Waals surface area contributed by atoms with Crippen molar-refractivity contribution in [2.45, 2.75) is 25.4 Å². The van der Waals surface area contributed by atoms with E-state index in [1.807, 2.05) is 12.1 Å². The summed E-state index contributed by atoms with van der Waals surface area (Å²) in [5.74, 6) is -1.24. The van der Waals surface area contributed by atoms with Gasteiger partial charge >= 0.3 is 0 Å². The number of hydrogen-bond donors (Lipinski definition) is 2. The molecule has 172 valence electrons. The Labute approximate surface area is 185 Å². The Bertz CT molecular complexity index is 970. The van der Waals surface area contributed by atoms with Gasteiger partial charge < -0.3 is 20.1 Å². The molecule has 2 N–H and O–H groups in total. The summed E-state index contributed by atoms with van der Waals surface area (Å²) >= 11 is 0. The van der Waals surface area contributed by atoms with Crippen molar-refractivity contribution in [3.05, 3.63) is 59.2 Å². The molecule has 1 atom stereocenters. The van der Waals surface area contributed by atoms with Crippen molar-refractivity contribution in [3.63, 3.8) is 0 Å². The molecule has 1 aliphatic heterocycles. The average molecular weight is 447 g/mol. The van der Waals surface area contributed by atoms with Crippen molar-refractivity contribution in [3.8, 4) is 11.5 Å². The molecule has 0 saturated carbocycles. The summed E-state index contributed by atoms with van der Waals surface area (Å²) in [4.78, 5) is 26.6. The number of nitrogens with one attached hydrogen (secondary N) is 2. The Morgan fingerprint density at radius 1 is 1.19 bits per heavy atom. The Morgan fingerprint density at radius 2 is 1.97 bits per heavy atom. The molecule has 1 fully saturated rings. The van der Waals surface area contributed by atoms with Gasteiger partial charge in [-0.3, -0.25) is 14.5 Å². The monoisotopic (exact) mass is 447 g/mol. The van der Waals surface area contributed by atoms with Crippen molar-refractivity contribution in [2.75, 3.05) is 33.9 Å². The van der Waals surface area contributed by atoms with Gasteiger partial charge in [-0.25, -0.2) is 8.78 Å². The van der Waals surface area contributed by atoms with Gasteiger partial charge in [0.05, 0.1) is 26.7 Å². The highest BCUT2D eigenvalue weighted by molar-refractivity contribution is 5.88. The summed E-state index contributed by atoms with van der Waals surface area (Å²) in [6.45, 7) is 1.24. The van der Waals surface area contributed by atoms with Gasteiger partial charge in [0.15, 0.2) is 23.1 Å². The molecule has 2 aromatic rings. The predicted octanol–water partition coefficient (Wildman–Crippen LogP) is 2.03. The molecule has 2 aromatic carbocycles. The third-order valence-corrected chi connectivity index (χ3v) is 5.41. The average Bonchev–Trinajstić information content (AvgIpc) is 2.79. The van der Waals surface area contributed by atoms with E-state index in [1.165, 1.54) is 12.1 Å². The maximum absolute atomic E-state index is 14.1. The van der Waals surface area contributed by atoms with Gasteiger partial charge in [-0.2, -0.15) is 0 Å². The number of nitrogens with zero attached hydrogens (tertiary/aromatic N) is 1. The minimum absolute atomic E-state index is 0.0423. The van der Waals surface area contributed by atoms with E-state index in [1.54, 1.807) is 25.2 Å². The summed E-state index contributed by atoms with van der Waals surface area (Å²) in [7, 11) is 3.12. The number of carbonyl (C=O) groups is 2. The highest BCUT2D eigenvalue weighted by Gasteiger charge is 2.32. The van der Waals surface area contributed by atoms with E-state index in [2.05, 4.69) is 10.6 Å². The van der Waals surface area contributed by atoms with E-state index in [-0.39, 0.29) is 30.3 Å². The third-order valence-electron chi connectivity index (χ3n) is 5.41. The molecule has 7 nitrogen and oxygen atoms in total. The van der Waals surface area contributed by atoms with Crippen LogP contribution in [-0.2, 0) is 22.6 Å². The Kier molecular flexibility index (Phi) is 7.99. The van der Waals surface area contributed by atoms with Crippen molar-refractivity contribution in [1.29, 1.82) is 0 Å². The van der Waals surface area contributed by atoms with Gasteiger partial charge in [0, 0.05) is 31.7 Å². The van der Waals surface area contributed by atoms with Crippen LogP contribution in [0.4, 0.5) is 8.78 Å². The maximum Gasteiger partial charge on any atom is 0.237 e. The molecule has 0 bridgehead atoms. The van der Waals surface area contributed by atoms with Gasteiger partial charge in [0.2, 0.25) is 11.8 Å². The first-order chi connectivity index (χ1) is 15.4. The molecule has 0 unspecified atom stereocenters. The molecule has 32 heavy (non-hydrogen) atoms. The van der Waals surface area contributed by atoms with E-state index < -0.39 is 17.7 Å². The number of amides is 2. The molecular weight excluding hydrogens is 420 g/mol. The van der Waals surface area contributed by atoms with E-state index in [0.717, 1.165) is 11.6 Å². The number of methoxy groups -OCH3 is 2. The van der Waals surface area contributed by atoms with Crippen LogP contribution in [0.5, 0.6) is 11.5 Å². The second kappa shape index (κ2) is 10.9. The maximum atomic E-state index is 14.1. The number of ether oxygens (including phenoxy) is 2. The topological polar surface area (TPSA) is 79.9 Å². The zero-order chi connectivity index (χ0) is 23.1. The number of benzene rings is 2. The summed E-state index contributed by atoms with van der Waals surface area (Å²) in [5.41, 5.74) is 1.11. The van der Waals surface area contributed by atoms with Crippen LogP contribution in [-0.4, -0.2) is 56.6 Å². The van der Waals surface area contributed by atoms with Gasteiger partial charge in [0.25, 0.3) is 0 Å². The second-order valence-electron chi connectivity index (χ2n) is 7.48. The number of carbonyl (C=O) groups excluding carboxylic acids is 2. The standard InChI is InChI=1S/C23H27F2N3O4/c1-31-19-7-6-15(12-20(19)32-2)8-9-26-21(29)13-18-23(30)27-10-11-28(18)14-16-4-3-5-17(24)22(16)25/h3-7,12,18H,8-11,13-14H2,1-2H3,(H,26,29)(H,27,30)/t18-/m1/s1. The van der Waals surface area contributed by atoms with Crippen molar-refractivity contribution in [1.82, 2.24) is 15.5 Å². The second-order valence-corrected chi connectivity index (χ2v) is 7.48. The molecule has 0 aromatic heterocycles. The van der Waals surface area contributed by atoms with Crippen molar-refractivity contribution in [2.24, 2.45) is 0 Å². The molecule has 1 heterocycles. The van der Waals surface area contributed by atoms with E-state index in [0.29, 0.717) is 37.6 Å². The van der Waals surface area contributed by atoms with Crippen LogP contribution in [0.2, 0.25) is 0 Å². The predicted molar refractivity (Wildman–Crippen MR) is 114 cm³/mol. The van der Waals surface area contributed by atoms with Gasteiger partial charge in [-0.05, 0) is 30.2 Å². The zero-order valence-corrected chi connectivity index (χ0v) is 18.1. The Morgan fingerprint density at radius 3 is 2.72 bits per heavy atom. The van der Waals surface area contributed by atoms with Crippen LogP contribution in [0.15, 0.2) is 36.4 Å².